The Morgan fingerprint density at radius 1 is 1.42 bits per heavy atom. The van der Waals surface area contributed by atoms with Gasteiger partial charge in [-0.25, -0.2) is 4.79 Å². The highest BCUT2D eigenvalue weighted by Crippen LogP contribution is 2.33. The minimum atomic E-state index is -0.411. The minimum absolute atomic E-state index is 0.311. The Kier molecular flexibility index (Phi) is 5.70. The van der Waals surface area contributed by atoms with Gasteiger partial charge in [-0.15, -0.1) is 0 Å². The molecular weight excluding hydrogens is 266 g/mol. The molecule has 0 aliphatic rings. The van der Waals surface area contributed by atoms with Crippen molar-refractivity contribution >= 4 is 23.1 Å². The number of methoxy groups -OCH3 is 1. The average molecular weight is 284 g/mol. The van der Waals surface area contributed by atoms with Crippen LogP contribution in [0.2, 0.25) is 5.02 Å². The zero-order valence-corrected chi connectivity index (χ0v) is 12.3. The second-order valence-corrected chi connectivity index (χ2v) is 4.43. The quantitative estimate of drug-likeness (QED) is 0.615. The van der Waals surface area contributed by atoms with E-state index in [0.717, 1.165) is 0 Å². The first-order valence-electron chi connectivity index (χ1n) is 5.89. The van der Waals surface area contributed by atoms with Crippen LogP contribution in [0.25, 0.3) is 5.57 Å². The Balaban J connectivity index is 3.30. The van der Waals surface area contributed by atoms with Crippen LogP contribution in [0.1, 0.15) is 12.5 Å². The normalized spacial score (nSPS) is 11.1. The summed E-state index contributed by atoms with van der Waals surface area (Å²) in [5.41, 5.74) is 0.990. The molecule has 0 spiro atoms. The van der Waals surface area contributed by atoms with Crippen molar-refractivity contribution in [3.05, 3.63) is 35.0 Å². The van der Waals surface area contributed by atoms with Crippen LogP contribution in [0.3, 0.4) is 0 Å². The highest BCUT2D eigenvalue weighted by atomic mass is 35.5. The van der Waals surface area contributed by atoms with Crippen LogP contribution in [0.4, 0.5) is 0 Å². The maximum absolute atomic E-state index is 12.0. The molecule has 0 radical (unpaired) electrons. The summed E-state index contributed by atoms with van der Waals surface area (Å²) in [6.07, 6.45) is 1.68. The maximum atomic E-state index is 12.0. The molecule has 19 heavy (non-hydrogen) atoms. The summed E-state index contributed by atoms with van der Waals surface area (Å²) in [5.74, 6) is 0.111. The van der Waals surface area contributed by atoms with Gasteiger partial charge in [0.2, 0.25) is 0 Å². The predicted molar refractivity (Wildman–Crippen MR) is 76.3 cm³/mol. The predicted octanol–water partition coefficient (Wildman–Crippen LogP) is 2.81. The number of benzene rings is 1. The molecule has 0 aromatic heterocycles. The molecule has 0 aliphatic carbocycles. The molecule has 0 unspecified atom stereocenters. The van der Waals surface area contributed by atoms with Gasteiger partial charge in [0.15, 0.2) is 0 Å². The van der Waals surface area contributed by atoms with Gasteiger partial charge in [0.25, 0.3) is 0 Å². The summed E-state index contributed by atoms with van der Waals surface area (Å²) >= 11 is 6.24. The van der Waals surface area contributed by atoms with Crippen LogP contribution in [0.5, 0.6) is 5.75 Å². The number of hydrogen-bond donors (Lipinski definition) is 0. The molecule has 0 saturated carbocycles. The third kappa shape index (κ3) is 3.89. The molecule has 0 saturated heterocycles. The summed E-state index contributed by atoms with van der Waals surface area (Å²) in [4.78, 5) is 13.8. The van der Waals surface area contributed by atoms with Gasteiger partial charge >= 0.3 is 5.97 Å². The van der Waals surface area contributed by atoms with Crippen LogP contribution in [-0.4, -0.2) is 38.7 Å². The molecule has 0 fully saturated rings. The van der Waals surface area contributed by atoms with E-state index in [2.05, 4.69) is 0 Å². The molecule has 1 aromatic carbocycles. The fraction of sp³-hybridized carbons (Fsp3) is 0.357. The minimum Gasteiger partial charge on any atom is -0.495 e. The number of esters is 1. The molecule has 0 bridgehead atoms. The zero-order chi connectivity index (χ0) is 14.4. The third-order valence-electron chi connectivity index (χ3n) is 2.36. The molecular formula is C14H18ClNO3. The summed E-state index contributed by atoms with van der Waals surface area (Å²) in [6, 6.07) is 5.28. The van der Waals surface area contributed by atoms with E-state index >= 15 is 0 Å². The van der Waals surface area contributed by atoms with E-state index < -0.39 is 5.97 Å². The first kappa shape index (κ1) is 15.4. The second kappa shape index (κ2) is 7.04. The van der Waals surface area contributed by atoms with E-state index in [0.29, 0.717) is 28.5 Å². The average Bonchev–Trinajstić information content (AvgIpc) is 2.36. The Morgan fingerprint density at radius 3 is 2.63 bits per heavy atom. The monoisotopic (exact) mass is 283 g/mol. The number of ether oxygens (including phenoxy) is 2. The zero-order valence-electron chi connectivity index (χ0n) is 11.6. The van der Waals surface area contributed by atoms with Crippen molar-refractivity contribution in [2.75, 3.05) is 27.8 Å². The molecule has 5 heteroatoms. The topological polar surface area (TPSA) is 38.8 Å². The van der Waals surface area contributed by atoms with E-state index in [1.165, 1.54) is 7.11 Å². The lowest BCUT2D eigenvalue weighted by Gasteiger charge is -2.14. The van der Waals surface area contributed by atoms with Crippen LogP contribution in [0.15, 0.2) is 24.4 Å². The first-order valence-corrected chi connectivity index (χ1v) is 6.27. The van der Waals surface area contributed by atoms with E-state index in [-0.39, 0.29) is 0 Å². The maximum Gasteiger partial charge on any atom is 0.340 e. The van der Waals surface area contributed by atoms with E-state index in [1.807, 2.05) is 14.1 Å². The number of hydrogen-bond acceptors (Lipinski definition) is 4. The van der Waals surface area contributed by atoms with Gasteiger partial charge in [0.05, 0.1) is 24.3 Å². The van der Waals surface area contributed by atoms with E-state index in [4.69, 9.17) is 21.1 Å². The smallest absolute Gasteiger partial charge is 0.340 e. The van der Waals surface area contributed by atoms with Crippen molar-refractivity contribution in [2.24, 2.45) is 0 Å². The van der Waals surface area contributed by atoms with Gasteiger partial charge in [0.1, 0.15) is 5.75 Å². The number of rotatable bonds is 5. The molecule has 0 heterocycles. The number of carbonyl (C=O) groups excluding carboxylic acids is 1. The summed E-state index contributed by atoms with van der Waals surface area (Å²) in [5, 5.41) is 0.395. The first-order chi connectivity index (χ1) is 9.01. The van der Waals surface area contributed by atoms with Gasteiger partial charge in [-0.05, 0) is 13.0 Å². The third-order valence-corrected chi connectivity index (χ3v) is 2.75. The lowest BCUT2D eigenvalue weighted by Crippen LogP contribution is -2.12. The Labute approximate surface area is 118 Å². The number of halogens is 1. The van der Waals surface area contributed by atoms with Crippen LogP contribution in [-0.2, 0) is 9.53 Å². The molecule has 0 aliphatic heterocycles. The lowest BCUT2D eigenvalue weighted by atomic mass is 10.1. The van der Waals surface area contributed by atoms with Crippen molar-refractivity contribution in [3.63, 3.8) is 0 Å². The van der Waals surface area contributed by atoms with E-state index in [1.54, 1.807) is 36.2 Å². The molecule has 1 aromatic rings. The largest absolute Gasteiger partial charge is 0.495 e. The molecule has 1 rings (SSSR count). The number of nitrogens with zero attached hydrogens (tertiary/aromatic N) is 1. The van der Waals surface area contributed by atoms with Crippen LogP contribution in [0, 0.1) is 0 Å². The van der Waals surface area contributed by atoms with Gasteiger partial charge in [-0.1, -0.05) is 23.7 Å². The van der Waals surface area contributed by atoms with Crippen molar-refractivity contribution < 1.29 is 14.3 Å². The van der Waals surface area contributed by atoms with Gasteiger partial charge < -0.3 is 14.4 Å². The lowest BCUT2D eigenvalue weighted by molar-refractivity contribution is -0.136. The van der Waals surface area contributed by atoms with Crippen molar-refractivity contribution in [3.8, 4) is 5.75 Å². The van der Waals surface area contributed by atoms with Gasteiger partial charge in [-0.3, -0.25) is 0 Å². The SMILES string of the molecule is CCOC(=O)/C(=C\N(C)C)c1cccc(OC)c1Cl. The Morgan fingerprint density at radius 2 is 2.11 bits per heavy atom. The number of carbonyl (C=O) groups is 1. The Hall–Kier alpha value is -1.68. The van der Waals surface area contributed by atoms with Crippen molar-refractivity contribution in [1.29, 1.82) is 0 Å². The fourth-order valence-electron chi connectivity index (χ4n) is 1.58. The van der Waals surface area contributed by atoms with Gasteiger partial charge in [-0.2, -0.15) is 0 Å². The molecule has 104 valence electrons. The fourth-order valence-corrected chi connectivity index (χ4v) is 1.88. The molecule has 0 N–H and O–H groups in total. The second-order valence-electron chi connectivity index (χ2n) is 4.05. The molecule has 0 atom stereocenters. The molecule has 0 amide bonds. The molecule has 4 nitrogen and oxygen atoms in total. The van der Waals surface area contributed by atoms with E-state index in [9.17, 15) is 4.79 Å². The van der Waals surface area contributed by atoms with Crippen LogP contribution >= 0.6 is 11.6 Å². The van der Waals surface area contributed by atoms with Crippen LogP contribution < -0.4 is 4.74 Å². The highest BCUT2D eigenvalue weighted by Gasteiger charge is 2.18. The standard InChI is InChI=1S/C14H18ClNO3/c1-5-19-14(17)11(9-16(2)3)10-7-6-8-12(18-4)13(10)15/h6-9H,5H2,1-4H3/b11-9-. The Bertz CT molecular complexity index is 484. The summed E-state index contributed by atoms with van der Waals surface area (Å²) in [7, 11) is 5.19. The van der Waals surface area contributed by atoms with Gasteiger partial charge in [0, 0.05) is 25.9 Å². The van der Waals surface area contributed by atoms with Crippen molar-refractivity contribution in [2.45, 2.75) is 6.92 Å². The van der Waals surface area contributed by atoms with Crippen molar-refractivity contribution in [1.82, 2.24) is 4.90 Å². The summed E-state index contributed by atoms with van der Waals surface area (Å²) in [6.45, 7) is 2.07. The highest BCUT2D eigenvalue weighted by molar-refractivity contribution is 6.35. The summed E-state index contributed by atoms with van der Waals surface area (Å²) < 4.78 is 10.2.